The minimum Gasteiger partial charge on any atom is -0.322 e. The number of sulfonamides is 1. The van der Waals surface area contributed by atoms with Gasteiger partial charge in [0, 0.05) is 43.3 Å². The van der Waals surface area contributed by atoms with Crippen molar-refractivity contribution in [3.8, 4) is 0 Å². The zero-order chi connectivity index (χ0) is 23.0. The summed E-state index contributed by atoms with van der Waals surface area (Å²) in [6.45, 7) is 8.20. The fourth-order valence-electron chi connectivity index (χ4n) is 3.76. The third-order valence-electron chi connectivity index (χ3n) is 5.71. The van der Waals surface area contributed by atoms with Crippen molar-refractivity contribution >= 4 is 32.7 Å². The molecule has 1 N–H and O–H groups in total. The first kappa shape index (κ1) is 22.4. The quantitative estimate of drug-likeness (QED) is 0.633. The van der Waals surface area contributed by atoms with Gasteiger partial charge in [0.2, 0.25) is 10.0 Å². The van der Waals surface area contributed by atoms with Gasteiger partial charge in [0.05, 0.1) is 22.3 Å². The first-order valence-electron chi connectivity index (χ1n) is 10.6. The molecule has 0 aliphatic carbocycles. The van der Waals surface area contributed by atoms with E-state index in [1.165, 1.54) is 16.4 Å². The van der Waals surface area contributed by atoms with Crippen LogP contribution in [-0.4, -0.2) is 71.5 Å². The normalized spacial score (nSPS) is 16.0. The molecule has 1 aromatic carbocycles. The number of piperazine rings is 1. The number of amides is 1. The Morgan fingerprint density at radius 2 is 1.75 bits per heavy atom. The van der Waals surface area contributed by atoms with Crippen LogP contribution in [-0.2, 0) is 10.0 Å². The predicted molar refractivity (Wildman–Crippen MR) is 123 cm³/mol. The van der Waals surface area contributed by atoms with Crippen molar-refractivity contribution in [3.63, 3.8) is 0 Å². The maximum Gasteiger partial charge on any atom is 0.257 e. The van der Waals surface area contributed by atoms with E-state index in [9.17, 15) is 13.2 Å². The highest BCUT2D eigenvalue weighted by molar-refractivity contribution is 7.89. The first-order valence-corrected chi connectivity index (χ1v) is 12.1. The number of fused-ring (bicyclic) bond motifs is 1. The summed E-state index contributed by atoms with van der Waals surface area (Å²) in [6.07, 6.45) is 1.70. The van der Waals surface area contributed by atoms with Crippen molar-refractivity contribution in [2.45, 2.75) is 31.7 Å². The van der Waals surface area contributed by atoms with Crippen LogP contribution >= 0.6 is 0 Å². The van der Waals surface area contributed by atoms with Crippen LogP contribution < -0.4 is 5.32 Å². The molecule has 0 saturated carbocycles. The molecule has 0 spiro atoms. The van der Waals surface area contributed by atoms with E-state index in [2.05, 4.69) is 20.3 Å². The van der Waals surface area contributed by atoms with Crippen LogP contribution in [0.1, 0.15) is 35.9 Å². The van der Waals surface area contributed by atoms with Crippen molar-refractivity contribution in [1.82, 2.24) is 24.0 Å². The lowest BCUT2D eigenvalue weighted by Crippen LogP contribution is -2.46. The second-order valence-electron chi connectivity index (χ2n) is 8.40. The molecule has 2 aromatic heterocycles. The van der Waals surface area contributed by atoms with Gasteiger partial charge in [-0.3, -0.25) is 4.79 Å². The second-order valence-corrected chi connectivity index (χ2v) is 10.3. The number of carbonyl (C=O) groups is 1. The molecule has 3 aromatic rings. The average molecular weight is 457 g/mol. The van der Waals surface area contributed by atoms with Gasteiger partial charge in [0.15, 0.2) is 5.65 Å². The Bertz CT molecular complexity index is 1240. The summed E-state index contributed by atoms with van der Waals surface area (Å²) in [4.78, 5) is 19.8. The van der Waals surface area contributed by atoms with E-state index in [1.54, 1.807) is 31.3 Å². The zero-order valence-electron chi connectivity index (χ0n) is 18.7. The van der Waals surface area contributed by atoms with Crippen molar-refractivity contribution in [3.05, 3.63) is 47.8 Å². The van der Waals surface area contributed by atoms with E-state index in [4.69, 9.17) is 0 Å². The van der Waals surface area contributed by atoms with Gasteiger partial charge < -0.3 is 10.2 Å². The lowest BCUT2D eigenvalue weighted by atomic mass is 10.1. The first-order chi connectivity index (χ1) is 15.2. The molecule has 10 heteroatoms. The Kier molecular flexibility index (Phi) is 6.02. The number of pyridine rings is 1. The third-order valence-corrected chi connectivity index (χ3v) is 7.62. The number of aromatic nitrogens is 3. The monoisotopic (exact) mass is 456 g/mol. The Morgan fingerprint density at radius 3 is 2.38 bits per heavy atom. The predicted octanol–water partition coefficient (Wildman–Crippen LogP) is 2.51. The van der Waals surface area contributed by atoms with Crippen molar-refractivity contribution in [2.75, 3.05) is 38.5 Å². The van der Waals surface area contributed by atoms with Gasteiger partial charge in [0.1, 0.15) is 0 Å². The summed E-state index contributed by atoms with van der Waals surface area (Å²) in [7, 11) is -1.57. The number of hydrogen-bond acceptors (Lipinski definition) is 6. The average Bonchev–Trinajstić information content (AvgIpc) is 3.16. The number of likely N-dealkylation sites (N-methyl/N-ethyl adjacent to an activating group) is 1. The topological polar surface area (TPSA) is 100 Å². The molecule has 4 rings (SSSR count). The highest BCUT2D eigenvalue weighted by atomic mass is 32.2. The number of aryl methyl sites for hydroxylation is 1. The Labute approximate surface area is 188 Å². The summed E-state index contributed by atoms with van der Waals surface area (Å²) in [5.74, 6) is -0.302. The van der Waals surface area contributed by atoms with Crippen LogP contribution in [0.5, 0.6) is 0 Å². The SMILES string of the molecule is Cc1nc2c(cnn2C(C)C)cc1C(=O)Nc1ccc(S(=O)(=O)N2CCN(C)CC2)cc1. The van der Waals surface area contributed by atoms with E-state index in [-0.39, 0.29) is 16.8 Å². The van der Waals surface area contributed by atoms with Gasteiger partial charge in [-0.2, -0.15) is 9.40 Å². The number of nitrogens with zero attached hydrogens (tertiary/aromatic N) is 5. The fourth-order valence-corrected chi connectivity index (χ4v) is 5.18. The highest BCUT2D eigenvalue weighted by Crippen LogP contribution is 2.22. The maximum absolute atomic E-state index is 12.9. The zero-order valence-corrected chi connectivity index (χ0v) is 19.6. The van der Waals surface area contributed by atoms with E-state index < -0.39 is 10.0 Å². The lowest BCUT2D eigenvalue weighted by molar-refractivity contribution is 0.102. The number of anilines is 1. The van der Waals surface area contributed by atoms with Gasteiger partial charge in [-0.15, -0.1) is 0 Å². The Balaban J connectivity index is 1.51. The van der Waals surface area contributed by atoms with E-state index in [1.807, 2.05) is 25.6 Å². The summed E-state index contributed by atoms with van der Waals surface area (Å²) >= 11 is 0. The van der Waals surface area contributed by atoms with E-state index in [0.29, 0.717) is 43.1 Å². The van der Waals surface area contributed by atoms with Gasteiger partial charge in [0.25, 0.3) is 5.91 Å². The van der Waals surface area contributed by atoms with Gasteiger partial charge in [-0.1, -0.05) is 0 Å². The standard InChI is InChI=1S/C22H28N6O3S/c1-15(2)28-21-17(14-23-28)13-20(16(3)24-21)22(29)25-18-5-7-19(8-6-18)32(30,31)27-11-9-26(4)10-12-27/h5-8,13-15H,9-12H2,1-4H3,(H,25,29). The van der Waals surface area contributed by atoms with Crippen LogP contribution in [0.25, 0.3) is 11.0 Å². The summed E-state index contributed by atoms with van der Waals surface area (Å²) in [5.41, 5.74) is 2.32. The molecule has 0 radical (unpaired) electrons. The molecule has 0 unspecified atom stereocenters. The number of benzene rings is 1. The lowest BCUT2D eigenvalue weighted by Gasteiger charge is -2.31. The van der Waals surface area contributed by atoms with E-state index in [0.717, 1.165) is 11.0 Å². The molecule has 9 nitrogen and oxygen atoms in total. The summed E-state index contributed by atoms with van der Waals surface area (Å²) in [6, 6.07) is 8.23. The van der Waals surface area contributed by atoms with Crippen molar-refractivity contribution in [1.29, 1.82) is 0 Å². The van der Waals surface area contributed by atoms with Crippen LogP contribution in [0.15, 0.2) is 41.4 Å². The summed E-state index contributed by atoms with van der Waals surface area (Å²) in [5, 5.41) is 7.99. The summed E-state index contributed by atoms with van der Waals surface area (Å²) < 4.78 is 29.1. The maximum atomic E-state index is 12.9. The Hall–Kier alpha value is -2.82. The van der Waals surface area contributed by atoms with Gasteiger partial charge in [-0.25, -0.2) is 18.1 Å². The van der Waals surface area contributed by atoms with Gasteiger partial charge >= 0.3 is 0 Å². The van der Waals surface area contributed by atoms with Crippen molar-refractivity contribution in [2.24, 2.45) is 0 Å². The largest absolute Gasteiger partial charge is 0.322 e. The van der Waals surface area contributed by atoms with E-state index >= 15 is 0 Å². The second kappa shape index (κ2) is 8.61. The van der Waals surface area contributed by atoms with Crippen molar-refractivity contribution < 1.29 is 13.2 Å². The van der Waals surface area contributed by atoms with Crippen LogP contribution in [0.3, 0.4) is 0 Å². The minimum absolute atomic E-state index is 0.166. The van der Waals surface area contributed by atoms with Crippen LogP contribution in [0.4, 0.5) is 5.69 Å². The molecular formula is C22H28N6O3S. The smallest absolute Gasteiger partial charge is 0.257 e. The molecule has 1 aliphatic heterocycles. The number of carbonyl (C=O) groups excluding carboxylic acids is 1. The van der Waals surface area contributed by atoms with Crippen LogP contribution in [0, 0.1) is 6.92 Å². The molecule has 1 saturated heterocycles. The molecule has 1 fully saturated rings. The third kappa shape index (κ3) is 4.25. The number of nitrogens with one attached hydrogen (secondary N) is 1. The molecule has 170 valence electrons. The fraction of sp³-hybridized carbons (Fsp3) is 0.409. The molecule has 3 heterocycles. The highest BCUT2D eigenvalue weighted by Gasteiger charge is 2.27. The molecule has 0 atom stereocenters. The van der Waals surface area contributed by atoms with Gasteiger partial charge in [-0.05, 0) is 58.2 Å². The van der Waals surface area contributed by atoms with Crippen LogP contribution in [0.2, 0.25) is 0 Å². The molecule has 32 heavy (non-hydrogen) atoms. The molecule has 0 bridgehead atoms. The Morgan fingerprint density at radius 1 is 1.09 bits per heavy atom. The minimum atomic E-state index is -3.54. The molecule has 1 aliphatic rings. The number of rotatable bonds is 5. The molecule has 1 amide bonds. The molecular weight excluding hydrogens is 428 g/mol. The number of hydrogen-bond donors (Lipinski definition) is 1.